The van der Waals surface area contributed by atoms with E-state index in [0.717, 1.165) is 12.3 Å². The van der Waals surface area contributed by atoms with E-state index in [1.807, 2.05) is 0 Å². The lowest BCUT2D eigenvalue weighted by molar-refractivity contribution is -0.142. The molecule has 0 bridgehead atoms. The van der Waals surface area contributed by atoms with Crippen LogP contribution in [0.25, 0.3) is 5.65 Å². The summed E-state index contributed by atoms with van der Waals surface area (Å²) in [5.74, 6) is -0.747. The molecule has 0 N–H and O–H groups in total. The first-order chi connectivity index (χ1) is 8.84. The molecule has 0 aliphatic carbocycles. The zero-order chi connectivity index (χ0) is 14.2. The zero-order valence-electron chi connectivity index (χ0n) is 10.2. The van der Waals surface area contributed by atoms with Crippen molar-refractivity contribution in [3.8, 4) is 0 Å². The van der Waals surface area contributed by atoms with Crippen molar-refractivity contribution < 1.29 is 22.7 Å². The molecule has 0 atom stereocenters. The van der Waals surface area contributed by atoms with E-state index in [9.17, 15) is 18.0 Å². The number of carbonyl (C=O) groups is 1. The molecule has 0 aliphatic heterocycles. The topological polar surface area (TPSA) is 56.5 Å². The Labute approximate surface area is 106 Å². The molecule has 0 radical (unpaired) electrons. The van der Waals surface area contributed by atoms with Gasteiger partial charge in [-0.15, -0.1) is 0 Å². The lowest BCUT2D eigenvalue weighted by Crippen LogP contribution is -2.14. The quantitative estimate of drug-likeness (QED) is 0.787. The number of aromatic nitrogens is 3. The van der Waals surface area contributed by atoms with E-state index in [1.165, 1.54) is 6.92 Å². The smallest absolute Gasteiger partial charge is 0.433 e. The van der Waals surface area contributed by atoms with E-state index in [0.29, 0.717) is 4.52 Å². The SMILES string of the molecule is CCOC(=O)c1cnn2c(C(F)(F)F)cc(C)nc12. The maximum absolute atomic E-state index is 12.9. The van der Waals surface area contributed by atoms with Gasteiger partial charge in [0.2, 0.25) is 0 Å². The molecule has 0 aliphatic rings. The largest absolute Gasteiger partial charge is 0.462 e. The number of hydrogen-bond donors (Lipinski definition) is 0. The van der Waals surface area contributed by atoms with Gasteiger partial charge < -0.3 is 4.74 Å². The average molecular weight is 273 g/mol. The molecule has 2 heterocycles. The van der Waals surface area contributed by atoms with Crippen LogP contribution in [0.1, 0.15) is 28.7 Å². The summed E-state index contributed by atoms with van der Waals surface area (Å²) < 4.78 is 43.9. The van der Waals surface area contributed by atoms with Gasteiger partial charge in [-0.2, -0.15) is 18.3 Å². The Bertz CT molecular complexity index is 634. The molecule has 2 rings (SSSR count). The molecule has 8 heteroatoms. The van der Waals surface area contributed by atoms with E-state index in [4.69, 9.17) is 4.74 Å². The van der Waals surface area contributed by atoms with Gasteiger partial charge in [0.25, 0.3) is 0 Å². The van der Waals surface area contributed by atoms with Crippen molar-refractivity contribution in [1.82, 2.24) is 14.6 Å². The van der Waals surface area contributed by atoms with Crippen LogP contribution in [0.2, 0.25) is 0 Å². The molecule has 0 unspecified atom stereocenters. The van der Waals surface area contributed by atoms with Crippen LogP contribution in [0.5, 0.6) is 0 Å². The monoisotopic (exact) mass is 273 g/mol. The number of ether oxygens (including phenoxy) is 1. The Morgan fingerprint density at radius 1 is 1.47 bits per heavy atom. The van der Waals surface area contributed by atoms with Crippen LogP contribution in [0.4, 0.5) is 13.2 Å². The highest BCUT2D eigenvalue weighted by atomic mass is 19.4. The first kappa shape index (κ1) is 13.3. The third-order valence-corrected chi connectivity index (χ3v) is 2.39. The first-order valence-corrected chi connectivity index (χ1v) is 5.44. The predicted molar refractivity (Wildman–Crippen MR) is 58.7 cm³/mol. The molecule has 0 amide bonds. The molecule has 0 saturated carbocycles. The first-order valence-electron chi connectivity index (χ1n) is 5.44. The lowest BCUT2D eigenvalue weighted by Gasteiger charge is -2.09. The normalized spacial score (nSPS) is 11.8. The number of rotatable bonds is 2. The standard InChI is InChI=1S/C11H10F3N3O2/c1-3-19-10(18)7-5-15-17-8(11(12,13)14)4-6(2)16-9(7)17/h4-5H,3H2,1-2H3. The average Bonchev–Trinajstić information content (AvgIpc) is 2.70. The summed E-state index contributed by atoms with van der Waals surface area (Å²) in [6.07, 6.45) is -3.56. The number of hydrogen-bond acceptors (Lipinski definition) is 4. The van der Waals surface area contributed by atoms with Crippen LogP contribution in [0.15, 0.2) is 12.3 Å². The van der Waals surface area contributed by atoms with Crippen LogP contribution in [0.3, 0.4) is 0 Å². The van der Waals surface area contributed by atoms with Crippen LogP contribution in [0, 0.1) is 6.92 Å². The van der Waals surface area contributed by atoms with Crippen molar-refractivity contribution in [1.29, 1.82) is 0 Å². The fourth-order valence-corrected chi connectivity index (χ4v) is 1.64. The van der Waals surface area contributed by atoms with Crippen molar-refractivity contribution in [3.63, 3.8) is 0 Å². The highest BCUT2D eigenvalue weighted by Crippen LogP contribution is 2.30. The van der Waals surface area contributed by atoms with Gasteiger partial charge >= 0.3 is 12.1 Å². The minimum atomic E-state index is -4.58. The summed E-state index contributed by atoms with van der Waals surface area (Å²) in [6, 6.07) is 0.870. The van der Waals surface area contributed by atoms with Crippen molar-refractivity contribution in [2.24, 2.45) is 0 Å². The third kappa shape index (κ3) is 2.38. The van der Waals surface area contributed by atoms with Crippen LogP contribution >= 0.6 is 0 Å². The van der Waals surface area contributed by atoms with Gasteiger partial charge in [0, 0.05) is 5.69 Å². The third-order valence-electron chi connectivity index (χ3n) is 2.39. The Balaban J connectivity index is 2.67. The number of carbonyl (C=O) groups excluding carboxylic acids is 1. The van der Waals surface area contributed by atoms with Crippen molar-refractivity contribution >= 4 is 11.6 Å². The molecule has 0 fully saturated rings. The van der Waals surface area contributed by atoms with E-state index < -0.39 is 17.8 Å². The van der Waals surface area contributed by atoms with Gasteiger partial charge in [0.05, 0.1) is 12.8 Å². The van der Waals surface area contributed by atoms with Gasteiger partial charge in [0.15, 0.2) is 5.65 Å². The van der Waals surface area contributed by atoms with Crippen LogP contribution in [-0.4, -0.2) is 27.2 Å². The Morgan fingerprint density at radius 3 is 2.74 bits per heavy atom. The van der Waals surface area contributed by atoms with E-state index in [-0.39, 0.29) is 23.5 Å². The van der Waals surface area contributed by atoms with Crippen molar-refractivity contribution in [2.75, 3.05) is 6.61 Å². The van der Waals surface area contributed by atoms with Gasteiger partial charge in [-0.25, -0.2) is 14.3 Å². The summed E-state index contributed by atoms with van der Waals surface area (Å²) in [5.41, 5.74) is -1.08. The van der Waals surface area contributed by atoms with E-state index >= 15 is 0 Å². The number of halogens is 3. The predicted octanol–water partition coefficient (Wildman–Crippen LogP) is 2.23. The fraction of sp³-hybridized carbons (Fsp3) is 0.364. The number of nitrogens with zero attached hydrogens (tertiary/aromatic N) is 3. The molecule has 0 saturated heterocycles. The van der Waals surface area contributed by atoms with E-state index in [2.05, 4.69) is 10.1 Å². The Morgan fingerprint density at radius 2 is 2.16 bits per heavy atom. The van der Waals surface area contributed by atoms with Gasteiger partial charge in [-0.05, 0) is 19.9 Å². The number of esters is 1. The highest BCUT2D eigenvalue weighted by Gasteiger charge is 2.35. The van der Waals surface area contributed by atoms with Crippen LogP contribution in [-0.2, 0) is 10.9 Å². The zero-order valence-corrected chi connectivity index (χ0v) is 10.2. The summed E-state index contributed by atoms with van der Waals surface area (Å²) >= 11 is 0. The van der Waals surface area contributed by atoms with Gasteiger partial charge in [0.1, 0.15) is 11.3 Å². The molecular weight excluding hydrogens is 263 g/mol. The minimum absolute atomic E-state index is 0.0870. The maximum atomic E-state index is 12.9. The van der Waals surface area contributed by atoms with Crippen LogP contribution < -0.4 is 0 Å². The molecule has 0 aromatic carbocycles. The second-order valence-corrected chi connectivity index (χ2v) is 3.79. The molecule has 5 nitrogen and oxygen atoms in total. The Kier molecular flexibility index (Phi) is 3.17. The molecular formula is C11H10F3N3O2. The summed E-state index contributed by atoms with van der Waals surface area (Å²) in [5, 5.41) is 3.56. The maximum Gasteiger partial charge on any atom is 0.433 e. The molecule has 2 aromatic heterocycles. The summed E-state index contributed by atoms with van der Waals surface area (Å²) in [4.78, 5) is 15.5. The highest BCUT2D eigenvalue weighted by molar-refractivity contribution is 5.95. The molecule has 102 valence electrons. The molecule has 0 spiro atoms. The van der Waals surface area contributed by atoms with Gasteiger partial charge in [-0.1, -0.05) is 0 Å². The second-order valence-electron chi connectivity index (χ2n) is 3.79. The van der Waals surface area contributed by atoms with Crippen molar-refractivity contribution in [2.45, 2.75) is 20.0 Å². The Hall–Kier alpha value is -2.12. The minimum Gasteiger partial charge on any atom is -0.462 e. The fourth-order valence-electron chi connectivity index (χ4n) is 1.64. The van der Waals surface area contributed by atoms with Crippen molar-refractivity contribution in [3.05, 3.63) is 29.2 Å². The van der Waals surface area contributed by atoms with E-state index in [1.54, 1.807) is 6.92 Å². The molecule has 2 aromatic rings. The lowest BCUT2D eigenvalue weighted by atomic mass is 10.3. The summed E-state index contributed by atoms with van der Waals surface area (Å²) in [7, 11) is 0. The molecule has 19 heavy (non-hydrogen) atoms. The second kappa shape index (κ2) is 4.52. The number of aryl methyl sites for hydroxylation is 1. The number of alkyl halides is 3. The summed E-state index contributed by atoms with van der Waals surface area (Å²) in [6.45, 7) is 3.13. The van der Waals surface area contributed by atoms with Gasteiger partial charge in [-0.3, -0.25) is 0 Å². The number of fused-ring (bicyclic) bond motifs is 1.